The number of benzene rings is 2. The lowest BCUT2D eigenvalue weighted by Crippen LogP contribution is -2.48. The molecule has 2 aromatic carbocycles. The van der Waals surface area contributed by atoms with Crippen molar-refractivity contribution in [1.82, 2.24) is 10.2 Å². The molecule has 8 heteroatoms. The van der Waals surface area contributed by atoms with Gasteiger partial charge in [-0.05, 0) is 93.6 Å². The summed E-state index contributed by atoms with van der Waals surface area (Å²) in [4.78, 5) is 17.9. The number of ether oxygens (including phenoxy) is 1. The molecule has 0 spiro atoms. The summed E-state index contributed by atoms with van der Waals surface area (Å²) >= 11 is 12.5. The van der Waals surface area contributed by atoms with Crippen LogP contribution in [-0.2, 0) is 4.79 Å². The van der Waals surface area contributed by atoms with Gasteiger partial charge in [-0.2, -0.15) is 0 Å². The second-order valence-electron chi connectivity index (χ2n) is 10.3. The highest BCUT2D eigenvalue weighted by Crippen LogP contribution is 2.33. The summed E-state index contributed by atoms with van der Waals surface area (Å²) in [6.45, 7) is 4.05. The van der Waals surface area contributed by atoms with E-state index in [1.807, 2.05) is 36.4 Å². The molecule has 2 aliphatic heterocycles. The zero-order chi connectivity index (χ0) is 25.1. The molecule has 194 valence electrons. The summed E-state index contributed by atoms with van der Waals surface area (Å²) in [6, 6.07) is 12.8. The van der Waals surface area contributed by atoms with E-state index in [1.54, 1.807) is 6.07 Å². The number of hydrogen-bond donors (Lipinski definition) is 2. The summed E-state index contributed by atoms with van der Waals surface area (Å²) in [6.07, 6.45) is 5.75. The van der Waals surface area contributed by atoms with Gasteiger partial charge in [-0.15, -0.1) is 0 Å². The number of aliphatic hydroxyl groups is 1. The highest BCUT2D eigenvalue weighted by atomic mass is 35.5. The minimum absolute atomic E-state index is 0.00857. The Morgan fingerprint density at radius 1 is 1.03 bits per heavy atom. The van der Waals surface area contributed by atoms with Gasteiger partial charge >= 0.3 is 0 Å². The smallest absolute Gasteiger partial charge is 0.225 e. The third-order valence-electron chi connectivity index (χ3n) is 7.76. The number of anilines is 1. The number of rotatable bonds is 9. The van der Waals surface area contributed by atoms with Crippen molar-refractivity contribution in [2.75, 3.05) is 37.6 Å². The molecule has 0 radical (unpaired) electrons. The second kappa shape index (κ2) is 11.6. The molecule has 2 aromatic rings. The quantitative estimate of drug-likeness (QED) is 0.473. The largest absolute Gasteiger partial charge is 0.489 e. The zero-order valence-corrected chi connectivity index (χ0v) is 22.1. The standard InChI is InChI=1S/C28H35Cl2N3O3/c29-21-7-9-22(10-8-21)33-15-12-20(17-33)28(35)31-25(18-32-13-1-2-14-32)27(34)19-6-11-26(24(30)16-19)36-23-4-3-5-23/h6-11,16,20,23,25,27,34H,1-5,12-15,17-18H2,(H,31,35)/t20-,25-,27-/m1/s1. The first-order valence-electron chi connectivity index (χ1n) is 13.1. The topological polar surface area (TPSA) is 65.0 Å². The van der Waals surface area contributed by atoms with Gasteiger partial charge in [0.2, 0.25) is 5.91 Å². The molecule has 6 nitrogen and oxygen atoms in total. The molecular weight excluding hydrogens is 497 g/mol. The van der Waals surface area contributed by atoms with Crippen molar-refractivity contribution >= 4 is 34.8 Å². The first-order chi connectivity index (χ1) is 17.5. The molecule has 1 aliphatic carbocycles. The van der Waals surface area contributed by atoms with Gasteiger partial charge in [0.15, 0.2) is 0 Å². The Bertz CT molecular complexity index is 1040. The predicted octanol–water partition coefficient (Wildman–Crippen LogP) is 5.07. The van der Waals surface area contributed by atoms with Crippen molar-refractivity contribution in [3.8, 4) is 5.75 Å². The third kappa shape index (κ3) is 6.10. The maximum absolute atomic E-state index is 13.3. The number of hydrogen-bond acceptors (Lipinski definition) is 5. The maximum Gasteiger partial charge on any atom is 0.225 e. The van der Waals surface area contributed by atoms with Crippen LogP contribution in [0.1, 0.15) is 50.2 Å². The summed E-state index contributed by atoms with van der Waals surface area (Å²) in [5.41, 5.74) is 1.77. The second-order valence-corrected chi connectivity index (χ2v) is 11.2. The van der Waals surface area contributed by atoms with Gasteiger partial charge in [0, 0.05) is 30.3 Å². The first-order valence-corrected chi connectivity index (χ1v) is 13.9. The molecule has 3 fully saturated rings. The fraction of sp³-hybridized carbons (Fsp3) is 0.536. The monoisotopic (exact) mass is 531 g/mol. The number of amides is 1. The highest BCUT2D eigenvalue weighted by molar-refractivity contribution is 6.32. The molecular formula is C28H35Cl2N3O3. The molecule has 1 saturated carbocycles. The zero-order valence-electron chi connectivity index (χ0n) is 20.5. The van der Waals surface area contributed by atoms with Gasteiger partial charge in [0.25, 0.3) is 0 Å². The third-order valence-corrected chi connectivity index (χ3v) is 8.30. The number of likely N-dealkylation sites (tertiary alicyclic amines) is 1. The first kappa shape index (κ1) is 25.7. The molecule has 36 heavy (non-hydrogen) atoms. The molecule has 2 saturated heterocycles. The molecule has 1 amide bonds. The van der Waals surface area contributed by atoms with Crippen molar-refractivity contribution in [2.24, 2.45) is 5.92 Å². The van der Waals surface area contributed by atoms with Crippen LogP contribution in [0.15, 0.2) is 42.5 Å². The molecule has 2 heterocycles. The summed E-state index contributed by atoms with van der Waals surface area (Å²) < 4.78 is 5.97. The van der Waals surface area contributed by atoms with E-state index in [1.165, 1.54) is 6.42 Å². The molecule has 3 aliphatic rings. The van der Waals surface area contributed by atoms with E-state index in [0.29, 0.717) is 34.4 Å². The van der Waals surface area contributed by atoms with Crippen LogP contribution >= 0.6 is 23.2 Å². The van der Waals surface area contributed by atoms with Crippen LogP contribution in [0.4, 0.5) is 5.69 Å². The predicted molar refractivity (Wildman–Crippen MR) is 144 cm³/mol. The lowest BCUT2D eigenvalue weighted by Gasteiger charge is -2.30. The van der Waals surface area contributed by atoms with Gasteiger partial charge in [-0.3, -0.25) is 4.79 Å². The summed E-state index contributed by atoms with van der Waals surface area (Å²) in [5.74, 6) is 0.521. The molecule has 3 atom stereocenters. The molecule has 0 bridgehead atoms. The number of carbonyl (C=O) groups excluding carboxylic acids is 1. The van der Waals surface area contributed by atoms with E-state index in [4.69, 9.17) is 27.9 Å². The van der Waals surface area contributed by atoms with Crippen LogP contribution in [-0.4, -0.2) is 60.8 Å². The van der Waals surface area contributed by atoms with Crippen LogP contribution in [0.2, 0.25) is 10.0 Å². The van der Waals surface area contributed by atoms with E-state index >= 15 is 0 Å². The number of carbonyl (C=O) groups is 1. The molecule has 2 N–H and O–H groups in total. The molecule has 0 aromatic heterocycles. The van der Waals surface area contributed by atoms with E-state index < -0.39 is 12.1 Å². The number of aliphatic hydroxyl groups excluding tert-OH is 1. The number of nitrogens with one attached hydrogen (secondary N) is 1. The Hall–Kier alpha value is -1.99. The van der Waals surface area contributed by atoms with E-state index in [2.05, 4.69) is 15.1 Å². The minimum Gasteiger partial charge on any atom is -0.489 e. The Labute approximate surface area is 223 Å². The highest BCUT2D eigenvalue weighted by Gasteiger charge is 2.33. The Morgan fingerprint density at radius 2 is 1.78 bits per heavy atom. The van der Waals surface area contributed by atoms with E-state index in [-0.39, 0.29) is 17.9 Å². The fourth-order valence-corrected chi connectivity index (χ4v) is 5.69. The van der Waals surface area contributed by atoms with E-state index in [9.17, 15) is 9.90 Å². The van der Waals surface area contributed by atoms with Crippen molar-refractivity contribution in [3.63, 3.8) is 0 Å². The average Bonchev–Trinajstić information content (AvgIpc) is 3.54. The summed E-state index contributed by atoms with van der Waals surface area (Å²) in [5, 5.41) is 15.8. The van der Waals surface area contributed by atoms with Gasteiger partial charge in [0.05, 0.1) is 23.1 Å². The van der Waals surface area contributed by atoms with Gasteiger partial charge < -0.3 is 25.0 Å². The van der Waals surface area contributed by atoms with Crippen molar-refractivity contribution < 1.29 is 14.6 Å². The molecule has 0 unspecified atom stereocenters. The van der Waals surface area contributed by atoms with Crippen molar-refractivity contribution in [1.29, 1.82) is 0 Å². The minimum atomic E-state index is -0.862. The summed E-state index contributed by atoms with van der Waals surface area (Å²) in [7, 11) is 0. The maximum atomic E-state index is 13.3. The number of halogens is 2. The Kier molecular flexibility index (Phi) is 8.26. The van der Waals surface area contributed by atoms with Gasteiger partial charge in [0.1, 0.15) is 11.9 Å². The van der Waals surface area contributed by atoms with Crippen LogP contribution in [0.5, 0.6) is 5.75 Å². The Balaban J connectivity index is 1.25. The lowest BCUT2D eigenvalue weighted by molar-refractivity contribution is -0.126. The fourth-order valence-electron chi connectivity index (χ4n) is 5.33. The average molecular weight is 533 g/mol. The van der Waals surface area contributed by atoms with Crippen LogP contribution in [0.3, 0.4) is 0 Å². The van der Waals surface area contributed by atoms with Crippen LogP contribution in [0.25, 0.3) is 0 Å². The van der Waals surface area contributed by atoms with Crippen molar-refractivity contribution in [3.05, 3.63) is 58.1 Å². The van der Waals surface area contributed by atoms with Gasteiger partial charge in [-0.1, -0.05) is 29.3 Å². The van der Waals surface area contributed by atoms with Crippen LogP contribution < -0.4 is 15.0 Å². The van der Waals surface area contributed by atoms with E-state index in [0.717, 1.165) is 57.4 Å². The van der Waals surface area contributed by atoms with Crippen LogP contribution in [0, 0.1) is 5.92 Å². The van der Waals surface area contributed by atoms with Gasteiger partial charge in [-0.25, -0.2) is 0 Å². The normalized spacial score (nSPS) is 22.3. The lowest BCUT2D eigenvalue weighted by atomic mass is 9.96. The van der Waals surface area contributed by atoms with Crippen molar-refractivity contribution in [2.45, 2.75) is 56.8 Å². The Morgan fingerprint density at radius 3 is 2.44 bits per heavy atom. The SMILES string of the molecule is O=C(N[C@H](CN1CCCC1)[C@H](O)c1ccc(OC2CCC2)c(Cl)c1)[C@@H]1CCN(c2ccc(Cl)cc2)C1. The molecule has 5 rings (SSSR count). The number of nitrogens with zero attached hydrogens (tertiary/aromatic N) is 2.